The Hall–Kier alpha value is -0.650. The second kappa shape index (κ2) is 5.55. The Morgan fingerprint density at radius 1 is 1.39 bits per heavy atom. The molecule has 0 aromatic carbocycles. The first-order chi connectivity index (χ1) is 8.44. The van der Waals surface area contributed by atoms with Crippen LogP contribution in [0.5, 0.6) is 0 Å². The van der Waals surface area contributed by atoms with Gasteiger partial charge in [-0.3, -0.25) is 4.68 Å². The molecule has 3 nitrogen and oxygen atoms in total. The summed E-state index contributed by atoms with van der Waals surface area (Å²) >= 11 is 5.29. The van der Waals surface area contributed by atoms with Gasteiger partial charge in [-0.15, -0.1) is 11.3 Å². The van der Waals surface area contributed by atoms with Crippen molar-refractivity contribution in [2.24, 2.45) is 0 Å². The van der Waals surface area contributed by atoms with Crippen molar-refractivity contribution in [2.45, 2.75) is 39.4 Å². The molecule has 0 radical (unpaired) electrons. The molecule has 0 atom stereocenters. The van der Waals surface area contributed by atoms with Crippen LogP contribution < -0.4 is 5.32 Å². The molecule has 2 aromatic rings. The number of aromatic nitrogens is 2. The van der Waals surface area contributed by atoms with E-state index >= 15 is 0 Å². The van der Waals surface area contributed by atoms with E-state index in [9.17, 15) is 0 Å². The van der Waals surface area contributed by atoms with Crippen LogP contribution >= 0.6 is 27.3 Å². The van der Waals surface area contributed by atoms with E-state index in [0.717, 1.165) is 23.3 Å². The van der Waals surface area contributed by atoms with Crippen molar-refractivity contribution in [1.82, 2.24) is 15.1 Å². The summed E-state index contributed by atoms with van der Waals surface area (Å²) in [4.78, 5) is 1.30. The average molecular weight is 328 g/mol. The molecule has 0 saturated carbocycles. The van der Waals surface area contributed by atoms with Crippen LogP contribution in [0.4, 0.5) is 0 Å². The normalized spacial score (nSPS) is 12.0. The van der Waals surface area contributed by atoms with Gasteiger partial charge in [-0.25, -0.2) is 0 Å². The number of rotatable bonds is 4. The van der Waals surface area contributed by atoms with Crippen molar-refractivity contribution in [3.8, 4) is 0 Å². The first-order valence-electron chi connectivity index (χ1n) is 5.93. The van der Waals surface area contributed by atoms with Gasteiger partial charge in [-0.2, -0.15) is 5.10 Å². The quantitative estimate of drug-likeness (QED) is 0.929. The van der Waals surface area contributed by atoms with E-state index < -0.39 is 0 Å². The zero-order valence-corrected chi connectivity index (χ0v) is 13.3. The van der Waals surface area contributed by atoms with Gasteiger partial charge in [0.15, 0.2) is 0 Å². The summed E-state index contributed by atoms with van der Waals surface area (Å²) in [5, 5.41) is 10.1. The van der Waals surface area contributed by atoms with Crippen LogP contribution in [0.2, 0.25) is 0 Å². The van der Waals surface area contributed by atoms with Crippen LogP contribution in [0, 0.1) is 0 Å². The maximum absolute atomic E-state index is 4.57. The van der Waals surface area contributed by atoms with E-state index in [1.165, 1.54) is 4.88 Å². The van der Waals surface area contributed by atoms with Crippen LogP contribution in [0.25, 0.3) is 0 Å². The van der Waals surface area contributed by atoms with Crippen LogP contribution in [0.3, 0.4) is 0 Å². The number of hydrogen-bond donors (Lipinski definition) is 1. The lowest BCUT2D eigenvalue weighted by Crippen LogP contribution is -2.35. The summed E-state index contributed by atoms with van der Waals surface area (Å²) in [6.45, 7) is 8.11. The summed E-state index contributed by atoms with van der Waals surface area (Å²) in [5.41, 5.74) is 1.21. The fourth-order valence-corrected chi connectivity index (χ4v) is 3.00. The molecule has 0 fully saturated rings. The molecule has 1 N–H and O–H groups in total. The number of thiophene rings is 1. The summed E-state index contributed by atoms with van der Waals surface area (Å²) in [7, 11) is 0. The summed E-state index contributed by atoms with van der Waals surface area (Å²) in [6, 6.07) is 4.14. The van der Waals surface area contributed by atoms with Gasteiger partial charge in [0.05, 0.1) is 12.2 Å². The SMILES string of the molecule is CC(C)(C)NCc1ccn(Cc2sccc2Br)n1. The standard InChI is InChI=1S/C13H18BrN3S/c1-13(2,3)15-8-10-4-6-17(16-10)9-12-11(14)5-7-18-12/h4-7,15H,8-9H2,1-3H3. The van der Waals surface area contributed by atoms with Crippen molar-refractivity contribution >= 4 is 27.3 Å². The third kappa shape index (κ3) is 3.93. The van der Waals surface area contributed by atoms with Gasteiger partial charge in [0.2, 0.25) is 0 Å². The van der Waals surface area contributed by atoms with Crippen LogP contribution in [-0.4, -0.2) is 15.3 Å². The lowest BCUT2D eigenvalue weighted by molar-refractivity contribution is 0.419. The molecule has 0 spiro atoms. The Kier molecular flexibility index (Phi) is 4.25. The van der Waals surface area contributed by atoms with E-state index in [1.807, 2.05) is 10.9 Å². The minimum atomic E-state index is 0.126. The molecule has 98 valence electrons. The molecule has 0 unspecified atom stereocenters. The summed E-state index contributed by atoms with van der Waals surface area (Å²) in [5.74, 6) is 0. The minimum Gasteiger partial charge on any atom is -0.306 e. The smallest absolute Gasteiger partial charge is 0.0763 e. The molecular weight excluding hydrogens is 310 g/mol. The van der Waals surface area contributed by atoms with Gasteiger partial charge in [-0.05, 0) is 54.2 Å². The van der Waals surface area contributed by atoms with Crippen molar-refractivity contribution in [1.29, 1.82) is 0 Å². The van der Waals surface area contributed by atoms with Crippen LogP contribution in [0.15, 0.2) is 28.2 Å². The highest BCUT2D eigenvalue weighted by Gasteiger charge is 2.10. The van der Waals surface area contributed by atoms with E-state index in [-0.39, 0.29) is 5.54 Å². The second-order valence-electron chi connectivity index (χ2n) is 5.30. The maximum atomic E-state index is 4.57. The molecule has 2 rings (SSSR count). The van der Waals surface area contributed by atoms with Gasteiger partial charge in [0.1, 0.15) is 0 Å². The van der Waals surface area contributed by atoms with Crippen molar-refractivity contribution < 1.29 is 0 Å². The molecule has 2 heterocycles. The molecule has 18 heavy (non-hydrogen) atoms. The monoisotopic (exact) mass is 327 g/mol. The Labute approximate surface area is 120 Å². The molecule has 0 amide bonds. The Morgan fingerprint density at radius 2 is 2.17 bits per heavy atom. The number of halogens is 1. The highest BCUT2D eigenvalue weighted by molar-refractivity contribution is 9.10. The van der Waals surface area contributed by atoms with Gasteiger partial charge in [0.25, 0.3) is 0 Å². The van der Waals surface area contributed by atoms with E-state index in [1.54, 1.807) is 11.3 Å². The second-order valence-corrected chi connectivity index (χ2v) is 7.15. The first-order valence-corrected chi connectivity index (χ1v) is 7.60. The summed E-state index contributed by atoms with van der Waals surface area (Å²) < 4.78 is 3.15. The first kappa shape index (κ1) is 13.8. The fourth-order valence-electron chi connectivity index (χ4n) is 1.53. The van der Waals surface area contributed by atoms with Crippen molar-refractivity contribution in [3.05, 3.63) is 38.8 Å². The van der Waals surface area contributed by atoms with E-state index in [4.69, 9.17) is 0 Å². The molecular formula is C13H18BrN3S. The minimum absolute atomic E-state index is 0.126. The fraction of sp³-hybridized carbons (Fsp3) is 0.462. The Morgan fingerprint density at radius 3 is 2.78 bits per heavy atom. The lowest BCUT2D eigenvalue weighted by atomic mass is 10.1. The van der Waals surface area contributed by atoms with Crippen LogP contribution in [0.1, 0.15) is 31.3 Å². The summed E-state index contributed by atoms with van der Waals surface area (Å²) in [6.07, 6.45) is 2.03. The third-order valence-corrected chi connectivity index (χ3v) is 4.40. The predicted molar refractivity (Wildman–Crippen MR) is 79.9 cm³/mol. The number of hydrogen-bond acceptors (Lipinski definition) is 3. The average Bonchev–Trinajstić information content (AvgIpc) is 2.86. The van der Waals surface area contributed by atoms with Gasteiger partial charge in [-0.1, -0.05) is 0 Å². The van der Waals surface area contributed by atoms with E-state index in [0.29, 0.717) is 0 Å². The zero-order valence-electron chi connectivity index (χ0n) is 10.9. The Bertz CT molecular complexity index is 510. The largest absolute Gasteiger partial charge is 0.306 e. The van der Waals surface area contributed by atoms with Crippen molar-refractivity contribution in [3.63, 3.8) is 0 Å². The third-order valence-electron chi connectivity index (χ3n) is 2.49. The molecule has 5 heteroatoms. The number of nitrogens with one attached hydrogen (secondary N) is 1. The lowest BCUT2D eigenvalue weighted by Gasteiger charge is -2.19. The maximum Gasteiger partial charge on any atom is 0.0763 e. The molecule has 2 aromatic heterocycles. The van der Waals surface area contributed by atoms with Crippen LogP contribution in [-0.2, 0) is 13.1 Å². The zero-order chi connectivity index (χ0) is 13.2. The van der Waals surface area contributed by atoms with Gasteiger partial charge >= 0.3 is 0 Å². The topological polar surface area (TPSA) is 29.9 Å². The van der Waals surface area contributed by atoms with Gasteiger partial charge < -0.3 is 5.32 Å². The molecule has 0 aliphatic rings. The molecule has 0 bridgehead atoms. The molecule has 0 saturated heterocycles. The predicted octanol–water partition coefficient (Wildman–Crippen LogP) is 3.64. The highest BCUT2D eigenvalue weighted by Crippen LogP contribution is 2.23. The molecule has 0 aliphatic heterocycles. The van der Waals surface area contributed by atoms with Crippen molar-refractivity contribution in [2.75, 3.05) is 0 Å². The highest BCUT2D eigenvalue weighted by atomic mass is 79.9. The molecule has 0 aliphatic carbocycles. The van der Waals surface area contributed by atoms with Gasteiger partial charge in [0, 0.05) is 27.6 Å². The Balaban J connectivity index is 1.96. The van der Waals surface area contributed by atoms with E-state index in [2.05, 4.69) is 64.6 Å². The number of nitrogens with zero attached hydrogens (tertiary/aromatic N) is 2.